The minimum absolute atomic E-state index is 0.236. The van der Waals surface area contributed by atoms with Crippen molar-refractivity contribution in [2.24, 2.45) is 0 Å². The number of hydrogen-bond acceptors (Lipinski definition) is 13. The molecule has 2 rings (SSSR count). The summed E-state index contributed by atoms with van der Waals surface area (Å²) in [5, 5.41) is 87.2. The molecule has 0 aromatic heterocycles. The molecule has 2 heterocycles. The van der Waals surface area contributed by atoms with Crippen LogP contribution in [0, 0.1) is 0 Å². The Hall–Kier alpha value is -4.65. The van der Waals surface area contributed by atoms with Crippen molar-refractivity contribution in [1.29, 1.82) is 0 Å². The maximum absolute atomic E-state index is 13.3. The van der Waals surface area contributed by atoms with E-state index in [2.05, 4.69) is 177 Å². The quantitative estimate of drug-likeness (QED) is 0.0204. The standard InChI is InChI=1S/C76H121NO13/c1-3-5-7-9-11-13-15-17-19-21-22-23-24-25-26-27-28-29-30-31-32-33-34-35-36-37-38-39-40-41-42-44-46-48-50-52-54-56-58-60-68(81)77-64(65(80)59-57-55-53-51-49-47-45-43-20-18-16-14-12-10-8-6-4-2)63-87-75-73(86)71(84)74(67(62-79)89-75)90-76-72(85)70(83)69(82)66(61-78)88-76/h5,7,11,13,17,19-20,22-23,25-26,28-29,31-32,34-35,37-38,40-41,43-44,46,49,51,57,59,64-67,69-76,78-80,82-86H,3-4,6,8-10,12,14-16,18,21,24,27,30,33,36,39,42,45,47-48,50,52-56,58,60-63H2,1-2H3,(H,77,81)/b7-5-,13-11-,19-17-,23-22-,26-25-,29-28-,32-31-,35-34-,38-37-,41-40-,43-20+,46-44-,51-49+,59-57+. The summed E-state index contributed by atoms with van der Waals surface area (Å²) in [5.74, 6) is -0.280. The lowest BCUT2D eigenvalue weighted by atomic mass is 9.97. The molecule has 0 saturated carbocycles. The molecule has 0 aromatic carbocycles. The number of rotatable bonds is 53. The van der Waals surface area contributed by atoms with Crippen LogP contribution in [-0.4, -0.2) is 140 Å². The van der Waals surface area contributed by atoms with Crippen LogP contribution in [-0.2, 0) is 23.7 Å². The Kier molecular flexibility index (Phi) is 52.7. The minimum Gasteiger partial charge on any atom is -0.394 e. The van der Waals surface area contributed by atoms with E-state index in [0.717, 1.165) is 128 Å². The lowest BCUT2D eigenvalue weighted by Gasteiger charge is -2.46. The SMILES string of the molecule is CC/C=C\C/C=C\C/C=C\C/C=C\C/C=C\C/C=C\C/C=C\C/C=C\C/C=C\C/C=C\C/C=C\CCCCCCCC(=O)NC(COC1OC(CO)C(OC2OC(CO)C(O)C(O)C2O)C(O)C1O)C(O)/C=C/CC/C=C/CC/C=C/CCCCCCCCC. The summed E-state index contributed by atoms with van der Waals surface area (Å²) in [5.41, 5.74) is 0. The Labute approximate surface area is 543 Å². The molecule has 12 atom stereocenters. The molecular formula is C76H121NO13. The van der Waals surface area contributed by atoms with Gasteiger partial charge in [-0.2, -0.15) is 0 Å². The van der Waals surface area contributed by atoms with Gasteiger partial charge in [-0.05, 0) is 128 Å². The number of aliphatic hydroxyl groups excluding tert-OH is 8. The van der Waals surface area contributed by atoms with Gasteiger partial charge in [0.15, 0.2) is 12.6 Å². The molecule has 9 N–H and O–H groups in total. The third-order valence-electron chi connectivity index (χ3n) is 15.4. The zero-order valence-corrected chi connectivity index (χ0v) is 55.0. The molecular weight excluding hydrogens is 1130 g/mol. The van der Waals surface area contributed by atoms with Crippen LogP contribution >= 0.6 is 0 Å². The smallest absolute Gasteiger partial charge is 0.220 e. The van der Waals surface area contributed by atoms with Crippen molar-refractivity contribution >= 4 is 5.91 Å². The maximum atomic E-state index is 13.3. The third-order valence-corrected chi connectivity index (χ3v) is 15.4. The van der Waals surface area contributed by atoms with Crippen LogP contribution in [0.4, 0.5) is 0 Å². The molecule has 2 fully saturated rings. The second kappa shape index (κ2) is 58.2. The summed E-state index contributed by atoms with van der Waals surface area (Å²) in [6, 6.07) is -0.962. The predicted octanol–water partition coefficient (Wildman–Crippen LogP) is 14.0. The highest BCUT2D eigenvalue weighted by Crippen LogP contribution is 2.30. The van der Waals surface area contributed by atoms with Gasteiger partial charge in [-0.15, -0.1) is 0 Å². The van der Waals surface area contributed by atoms with Gasteiger partial charge in [0, 0.05) is 6.42 Å². The van der Waals surface area contributed by atoms with Crippen LogP contribution in [0.1, 0.15) is 206 Å². The van der Waals surface area contributed by atoms with E-state index in [4.69, 9.17) is 18.9 Å². The number of amides is 1. The Balaban J connectivity index is 1.69. The van der Waals surface area contributed by atoms with E-state index in [-0.39, 0.29) is 18.9 Å². The number of unbranched alkanes of at least 4 members (excludes halogenated alkanes) is 14. The van der Waals surface area contributed by atoms with Crippen LogP contribution in [0.15, 0.2) is 170 Å². The summed E-state index contributed by atoms with van der Waals surface area (Å²) >= 11 is 0. The van der Waals surface area contributed by atoms with Crippen molar-refractivity contribution in [2.45, 2.75) is 280 Å². The average molecular weight is 1260 g/mol. The number of ether oxygens (including phenoxy) is 4. The monoisotopic (exact) mass is 1260 g/mol. The first-order chi connectivity index (χ1) is 44.1. The van der Waals surface area contributed by atoms with Crippen LogP contribution in [0.25, 0.3) is 0 Å². The van der Waals surface area contributed by atoms with Crippen LogP contribution in [0.2, 0.25) is 0 Å². The molecule has 0 aromatic rings. The van der Waals surface area contributed by atoms with Crippen molar-refractivity contribution in [1.82, 2.24) is 5.32 Å². The molecule has 14 nitrogen and oxygen atoms in total. The molecule has 0 bridgehead atoms. The fourth-order valence-corrected chi connectivity index (χ4v) is 9.91. The van der Waals surface area contributed by atoms with E-state index in [0.29, 0.717) is 12.8 Å². The van der Waals surface area contributed by atoms with Crippen LogP contribution < -0.4 is 5.32 Å². The molecule has 2 aliphatic rings. The lowest BCUT2D eigenvalue weighted by Crippen LogP contribution is -2.65. The Morgan fingerprint density at radius 3 is 1.22 bits per heavy atom. The number of allylic oxidation sites excluding steroid dienone is 27. The zero-order valence-electron chi connectivity index (χ0n) is 55.0. The fourth-order valence-electron chi connectivity index (χ4n) is 9.91. The number of nitrogens with one attached hydrogen (secondary N) is 1. The van der Waals surface area contributed by atoms with Crippen molar-refractivity contribution in [3.63, 3.8) is 0 Å². The summed E-state index contributed by atoms with van der Waals surface area (Å²) in [4.78, 5) is 13.3. The molecule has 508 valence electrons. The second-order valence-corrected chi connectivity index (χ2v) is 23.2. The van der Waals surface area contributed by atoms with Crippen molar-refractivity contribution in [2.75, 3.05) is 19.8 Å². The van der Waals surface area contributed by atoms with E-state index in [1.807, 2.05) is 6.08 Å². The van der Waals surface area contributed by atoms with Crippen molar-refractivity contribution in [3.05, 3.63) is 170 Å². The molecule has 2 aliphatic heterocycles. The van der Waals surface area contributed by atoms with Gasteiger partial charge in [0.1, 0.15) is 48.8 Å². The van der Waals surface area contributed by atoms with Gasteiger partial charge in [0.25, 0.3) is 0 Å². The topological polar surface area (TPSA) is 228 Å². The largest absolute Gasteiger partial charge is 0.394 e. The van der Waals surface area contributed by atoms with Crippen molar-refractivity contribution < 1.29 is 64.6 Å². The van der Waals surface area contributed by atoms with Gasteiger partial charge in [-0.3, -0.25) is 4.79 Å². The summed E-state index contributed by atoms with van der Waals surface area (Å²) < 4.78 is 22.8. The summed E-state index contributed by atoms with van der Waals surface area (Å²) in [6.45, 7) is 2.62. The van der Waals surface area contributed by atoms with E-state index in [9.17, 15) is 45.6 Å². The van der Waals surface area contributed by atoms with Gasteiger partial charge in [0.05, 0.1) is 32.0 Å². The first-order valence-corrected chi connectivity index (χ1v) is 34.4. The normalized spacial score (nSPS) is 24.0. The van der Waals surface area contributed by atoms with E-state index >= 15 is 0 Å². The Bertz CT molecular complexity index is 2170. The third kappa shape index (κ3) is 41.8. The minimum atomic E-state index is -1.80. The average Bonchev–Trinajstić information content (AvgIpc) is 1.04. The lowest BCUT2D eigenvalue weighted by molar-refractivity contribution is -0.359. The van der Waals surface area contributed by atoms with Gasteiger partial charge >= 0.3 is 0 Å². The van der Waals surface area contributed by atoms with Crippen LogP contribution in [0.3, 0.4) is 0 Å². The first kappa shape index (κ1) is 81.4. The van der Waals surface area contributed by atoms with Gasteiger partial charge in [0.2, 0.25) is 5.91 Å². The molecule has 12 unspecified atom stereocenters. The molecule has 0 aliphatic carbocycles. The number of aliphatic hydroxyl groups is 8. The highest BCUT2D eigenvalue weighted by Gasteiger charge is 2.51. The van der Waals surface area contributed by atoms with Crippen molar-refractivity contribution in [3.8, 4) is 0 Å². The maximum Gasteiger partial charge on any atom is 0.220 e. The molecule has 90 heavy (non-hydrogen) atoms. The Morgan fingerprint density at radius 2 is 0.778 bits per heavy atom. The van der Waals surface area contributed by atoms with E-state index in [1.165, 1.54) is 44.9 Å². The first-order valence-electron chi connectivity index (χ1n) is 34.4. The molecule has 2 saturated heterocycles. The van der Waals surface area contributed by atoms with E-state index in [1.54, 1.807) is 6.08 Å². The fraction of sp³-hybridized carbons (Fsp3) is 0.618. The molecule has 14 heteroatoms. The predicted molar refractivity (Wildman–Crippen MR) is 368 cm³/mol. The molecule has 0 radical (unpaired) electrons. The molecule has 1 amide bonds. The van der Waals surface area contributed by atoms with Gasteiger partial charge in [-0.1, -0.05) is 242 Å². The number of carbonyl (C=O) groups is 1. The van der Waals surface area contributed by atoms with Crippen LogP contribution in [0.5, 0.6) is 0 Å². The Morgan fingerprint density at radius 1 is 0.411 bits per heavy atom. The highest BCUT2D eigenvalue weighted by molar-refractivity contribution is 5.76. The molecule has 0 spiro atoms. The number of hydrogen-bond donors (Lipinski definition) is 9. The second-order valence-electron chi connectivity index (χ2n) is 23.2. The number of carbonyl (C=O) groups excluding carboxylic acids is 1. The van der Waals surface area contributed by atoms with E-state index < -0.39 is 86.8 Å². The summed E-state index contributed by atoms with van der Waals surface area (Å²) in [7, 11) is 0. The zero-order chi connectivity index (χ0) is 65.2. The van der Waals surface area contributed by atoms with Gasteiger partial charge in [-0.25, -0.2) is 0 Å². The highest BCUT2D eigenvalue weighted by atomic mass is 16.7. The summed E-state index contributed by atoms with van der Waals surface area (Å²) in [6.07, 6.45) is 74.0. The van der Waals surface area contributed by atoms with Gasteiger partial charge < -0.3 is 65.1 Å².